The van der Waals surface area contributed by atoms with Crippen LogP contribution >= 0.6 is 0 Å². The highest BCUT2D eigenvalue weighted by Crippen LogP contribution is 2.22. The molecule has 3 aromatic rings. The lowest BCUT2D eigenvalue weighted by molar-refractivity contribution is -0.117. The number of nitrogens with two attached hydrogens (primary N) is 1. The highest BCUT2D eigenvalue weighted by Gasteiger charge is 2.21. The normalized spacial score (nSPS) is 11.6. The summed E-state index contributed by atoms with van der Waals surface area (Å²) in [5.74, 6) is 0.157. The van der Waals surface area contributed by atoms with Crippen LogP contribution in [0.25, 0.3) is 0 Å². The average Bonchev–Trinajstić information content (AvgIpc) is 3.05. The molecule has 3 rings (SSSR count). The highest BCUT2D eigenvalue weighted by atomic mass is 16.5. The van der Waals surface area contributed by atoms with Gasteiger partial charge in [0.05, 0.1) is 0 Å². The molecule has 26 heavy (non-hydrogen) atoms. The average molecular weight is 350 g/mol. The van der Waals surface area contributed by atoms with E-state index in [2.05, 4.69) is 15.8 Å². The molecule has 132 valence electrons. The molecule has 0 bridgehead atoms. The summed E-state index contributed by atoms with van der Waals surface area (Å²) in [4.78, 5) is 24.0. The van der Waals surface area contributed by atoms with Crippen LogP contribution in [0, 0.1) is 6.92 Å². The summed E-state index contributed by atoms with van der Waals surface area (Å²) in [6.45, 7) is 1.75. The Morgan fingerprint density at radius 3 is 2.35 bits per heavy atom. The van der Waals surface area contributed by atoms with Gasteiger partial charge in [-0.05, 0) is 36.8 Å². The molecule has 7 heteroatoms. The van der Waals surface area contributed by atoms with Crippen LogP contribution in [0.4, 0.5) is 11.5 Å². The van der Waals surface area contributed by atoms with E-state index in [-0.39, 0.29) is 5.91 Å². The van der Waals surface area contributed by atoms with Gasteiger partial charge in [-0.25, -0.2) is 0 Å². The van der Waals surface area contributed by atoms with Crippen molar-refractivity contribution in [3.63, 3.8) is 0 Å². The molecule has 4 N–H and O–H groups in total. The zero-order valence-electron chi connectivity index (χ0n) is 14.1. The molecule has 0 aliphatic heterocycles. The minimum absolute atomic E-state index is 0.288. The Morgan fingerprint density at radius 2 is 1.77 bits per heavy atom. The number of aromatic nitrogens is 1. The molecule has 1 heterocycles. The number of amides is 2. The van der Waals surface area contributed by atoms with Crippen molar-refractivity contribution in [2.45, 2.75) is 13.0 Å². The molecule has 0 radical (unpaired) electrons. The van der Waals surface area contributed by atoms with Gasteiger partial charge in [0.25, 0.3) is 5.91 Å². The van der Waals surface area contributed by atoms with Crippen LogP contribution in [0.1, 0.15) is 27.7 Å². The van der Waals surface area contributed by atoms with Gasteiger partial charge in [0.1, 0.15) is 11.8 Å². The third-order valence-corrected chi connectivity index (χ3v) is 3.75. The number of anilines is 2. The topological polar surface area (TPSA) is 110 Å². The van der Waals surface area contributed by atoms with Gasteiger partial charge in [-0.3, -0.25) is 9.59 Å². The van der Waals surface area contributed by atoms with Crippen LogP contribution in [0.2, 0.25) is 0 Å². The van der Waals surface area contributed by atoms with Crippen molar-refractivity contribution in [1.29, 1.82) is 0 Å². The molecule has 1 aromatic heterocycles. The lowest BCUT2D eigenvalue weighted by atomic mass is 10.1. The van der Waals surface area contributed by atoms with Crippen molar-refractivity contribution in [1.82, 2.24) is 5.16 Å². The van der Waals surface area contributed by atoms with Crippen LogP contribution in [0.3, 0.4) is 0 Å². The standard InChI is InChI=1S/C19H18N4O3/c1-12-11-16(23-26-12)22-19(25)17(13-5-3-2-4-6-13)21-15-9-7-14(8-10-15)18(20)24/h2-11,17,21H,1H3,(H2,20,24)(H,22,23,25). The van der Waals surface area contributed by atoms with Gasteiger partial charge in [-0.1, -0.05) is 35.5 Å². The fraction of sp³-hybridized carbons (Fsp3) is 0.105. The first kappa shape index (κ1) is 17.2. The van der Waals surface area contributed by atoms with Gasteiger partial charge in [-0.2, -0.15) is 0 Å². The number of hydrogen-bond donors (Lipinski definition) is 3. The van der Waals surface area contributed by atoms with Crippen molar-refractivity contribution >= 4 is 23.3 Å². The molecule has 0 aliphatic rings. The summed E-state index contributed by atoms with van der Waals surface area (Å²) < 4.78 is 4.98. The Kier molecular flexibility index (Phi) is 4.98. The summed E-state index contributed by atoms with van der Waals surface area (Å²) in [7, 11) is 0. The molecule has 0 spiro atoms. The van der Waals surface area contributed by atoms with E-state index in [1.54, 1.807) is 37.3 Å². The van der Waals surface area contributed by atoms with E-state index in [0.29, 0.717) is 22.8 Å². The van der Waals surface area contributed by atoms with E-state index in [0.717, 1.165) is 5.56 Å². The minimum atomic E-state index is -0.660. The lowest BCUT2D eigenvalue weighted by Crippen LogP contribution is -2.27. The molecule has 0 saturated carbocycles. The van der Waals surface area contributed by atoms with E-state index < -0.39 is 11.9 Å². The number of benzene rings is 2. The van der Waals surface area contributed by atoms with E-state index in [9.17, 15) is 9.59 Å². The second-order valence-corrected chi connectivity index (χ2v) is 5.74. The number of nitrogens with zero attached hydrogens (tertiary/aromatic N) is 1. The summed E-state index contributed by atoms with van der Waals surface area (Å²) in [5.41, 5.74) is 7.11. The molecule has 0 fully saturated rings. The second kappa shape index (κ2) is 7.52. The molecule has 2 aromatic carbocycles. The van der Waals surface area contributed by atoms with Crippen molar-refractivity contribution in [3.05, 3.63) is 77.6 Å². The Hall–Kier alpha value is -3.61. The molecule has 1 atom stereocenters. The number of carbonyl (C=O) groups is 2. The first-order chi connectivity index (χ1) is 12.5. The van der Waals surface area contributed by atoms with Gasteiger partial charge in [0, 0.05) is 17.3 Å². The zero-order valence-corrected chi connectivity index (χ0v) is 14.1. The van der Waals surface area contributed by atoms with Gasteiger partial charge >= 0.3 is 0 Å². The smallest absolute Gasteiger partial charge is 0.252 e. The minimum Gasteiger partial charge on any atom is -0.370 e. The van der Waals surface area contributed by atoms with Crippen molar-refractivity contribution < 1.29 is 14.1 Å². The van der Waals surface area contributed by atoms with Gasteiger partial charge in [0.2, 0.25) is 5.91 Å². The Labute approximate surface area is 150 Å². The van der Waals surface area contributed by atoms with Crippen molar-refractivity contribution in [2.24, 2.45) is 5.73 Å². The van der Waals surface area contributed by atoms with Crippen LogP contribution in [0.5, 0.6) is 0 Å². The third-order valence-electron chi connectivity index (χ3n) is 3.75. The van der Waals surface area contributed by atoms with Crippen molar-refractivity contribution in [3.8, 4) is 0 Å². The second-order valence-electron chi connectivity index (χ2n) is 5.74. The van der Waals surface area contributed by atoms with E-state index in [4.69, 9.17) is 10.3 Å². The summed E-state index contributed by atoms with van der Waals surface area (Å²) in [6, 6.07) is 16.9. The third kappa shape index (κ3) is 4.07. The van der Waals surface area contributed by atoms with Crippen LogP contribution in [-0.4, -0.2) is 17.0 Å². The number of hydrogen-bond acceptors (Lipinski definition) is 5. The Bertz CT molecular complexity index is 904. The molecule has 2 amide bonds. The summed E-state index contributed by atoms with van der Waals surface area (Å²) >= 11 is 0. The van der Waals surface area contributed by atoms with E-state index >= 15 is 0 Å². The van der Waals surface area contributed by atoms with Crippen LogP contribution in [0.15, 0.2) is 65.2 Å². The Morgan fingerprint density at radius 1 is 1.08 bits per heavy atom. The maximum Gasteiger partial charge on any atom is 0.252 e. The monoisotopic (exact) mass is 350 g/mol. The van der Waals surface area contributed by atoms with Crippen LogP contribution < -0.4 is 16.4 Å². The fourth-order valence-electron chi connectivity index (χ4n) is 2.47. The number of rotatable bonds is 6. The van der Waals surface area contributed by atoms with Gasteiger partial charge < -0.3 is 20.9 Å². The number of primary amides is 1. The molecular weight excluding hydrogens is 332 g/mol. The predicted octanol–water partition coefficient (Wildman–Crippen LogP) is 2.87. The number of nitrogens with one attached hydrogen (secondary N) is 2. The molecule has 0 aliphatic carbocycles. The first-order valence-electron chi connectivity index (χ1n) is 7.98. The maximum absolute atomic E-state index is 12.8. The maximum atomic E-state index is 12.8. The Balaban J connectivity index is 1.83. The number of carbonyl (C=O) groups excluding carboxylic acids is 2. The first-order valence-corrected chi connectivity index (χ1v) is 7.98. The largest absolute Gasteiger partial charge is 0.370 e. The molecule has 7 nitrogen and oxygen atoms in total. The quantitative estimate of drug-likeness (QED) is 0.633. The fourth-order valence-corrected chi connectivity index (χ4v) is 2.47. The highest BCUT2D eigenvalue weighted by molar-refractivity contribution is 5.97. The van der Waals surface area contributed by atoms with E-state index in [1.165, 1.54) is 0 Å². The molecule has 0 saturated heterocycles. The zero-order chi connectivity index (χ0) is 18.5. The van der Waals surface area contributed by atoms with Gasteiger partial charge in [-0.15, -0.1) is 0 Å². The molecular formula is C19H18N4O3. The summed E-state index contributed by atoms with van der Waals surface area (Å²) in [6.07, 6.45) is 0. The molecule has 1 unspecified atom stereocenters. The summed E-state index contributed by atoms with van der Waals surface area (Å²) in [5, 5.41) is 9.68. The number of aryl methyl sites for hydroxylation is 1. The van der Waals surface area contributed by atoms with Gasteiger partial charge in [0.15, 0.2) is 5.82 Å². The van der Waals surface area contributed by atoms with Crippen molar-refractivity contribution in [2.75, 3.05) is 10.6 Å². The van der Waals surface area contributed by atoms with E-state index in [1.807, 2.05) is 30.3 Å². The predicted molar refractivity (Wildman–Crippen MR) is 97.6 cm³/mol. The SMILES string of the molecule is Cc1cc(NC(=O)C(Nc2ccc(C(N)=O)cc2)c2ccccc2)no1. The van der Waals surface area contributed by atoms with Crippen LogP contribution in [-0.2, 0) is 4.79 Å². The lowest BCUT2D eigenvalue weighted by Gasteiger charge is -2.19.